The molecule has 0 aromatic heterocycles. The summed E-state index contributed by atoms with van der Waals surface area (Å²) in [5.41, 5.74) is 3.86. The highest BCUT2D eigenvalue weighted by Gasteiger charge is 2.24. The van der Waals surface area contributed by atoms with Crippen LogP contribution < -0.4 is 14.8 Å². The maximum atomic E-state index is 5.83. The number of nitrogens with zero attached hydrogens (tertiary/aromatic N) is 1. The van der Waals surface area contributed by atoms with Crippen LogP contribution >= 0.6 is 0 Å². The van der Waals surface area contributed by atoms with Crippen molar-refractivity contribution < 1.29 is 9.47 Å². The number of aryl methyl sites for hydroxylation is 1. The molecule has 4 nitrogen and oxygen atoms in total. The van der Waals surface area contributed by atoms with Crippen molar-refractivity contribution in [3.05, 3.63) is 59.2 Å². The van der Waals surface area contributed by atoms with Gasteiger partial charge in [0.1, 0.15) is 0 Å². The molecular weight excluding hydrogens is 324 g/mol. The number of nitrogens with one attached hydrogen (secondary N) is 1. The molecule has 1 saturated heterocycles. The lowest BCUT2D eigenvalue weighted by Crippen LogP contribution is -2.33. The van der Waals surface area contributed by atoms with E-state index in [1.165, 1.54) is 16.7 Å². The fourth-order valence-electron chi connectivity index (χ4n) is 3.62. The molecule has 2 aromatic rings. The molecule has 0 amide bonds. The molecule has 1 heterocycles. The van der Waals surface area contributed by atoms with Gasteiger partial charge in [-0.3, -0.25) is 4.90 Å². The largest absolute Gasteiger partial charge is 0.493 e. The van der Waals surface area contributed by atoms with Crippen LogP contribution in [0.5, 0.6) is 11.5 Å². The molecule has 0 aliphatic carbocycles. The minimum atomic E-state index is 0.223. The van der Waals surface area contributed by atoms with Gasteiger partial charge in [-0.25, -0.2) is 0 Å². The molecule has 0 bridgehead atoms. The van der Waals surface area contributed by atoms with Crippen LogP contribution in [0.2, 0.25) is 0 Å². The van der Waals surface area contributed by atoms with Gasteiger partial charge in [-0.2, -0.15) is 0 Å². The van der Waals surface area contributed by atoms with Crippen LogP contribution in [0.1, 0.15) is 36.1 Å². The number of rotatable bonds is 6. The first-order valence-corrected chi connectivity index (χ1v) is 9.55. The lowest BCUT2D eigenvalue weighted by molar-refractivity contribution is 0.240. The van der Waals surface area contributed by atoms with Crippen LogP contribution in [0.4, 0.5) is 0 Å². The minimum absolute atomic E-state index is 0.223. The lowest BCUT2D eigenvalue weighted by Gasteiger charge is -2.32. The van der Waals surface area contributed by atoms with Crippen molar-refractivity contribution in [2.45, 2.75) is 26.3 Å². The van der Waals surface area contributed by atoms with Gasteiger partial charge in [0, 0.05) is 19.6 Å². The number of hydrogen-bond acceptors (Lipinski definition) is 4. The Labute approximate surface area is 157 Å². The van der Waals surface area contributed by atoms with Crippen LogP contribution in [-0.4, -0.2) is 44.8 Å². The smallest absolute Gasteiger partial charge is 0.161 e. The van der Waals surface area contributed by atoms with E-state index in [-0.39, 0.29) is 6.04 Å². The third-order valence-electron chi connectivity index (χ3n) is 4.94. The average molecular weight is 354 g/mol. The third kappa shape index (κ3) is 4.37. The number of benzene rings is 2. The summed E-state index contributed by atoms with van der Waals surface area (Å²) in [4.78, 5) is 2.57. The van der Waals surface area contributed by atoms with E-state index in [9.17, 15) is 0 Å². The molecule has 1 unspecified atom stereocenters. The second-order valence-electron chi connectivity index (χ2n) is 6.80. The fourth-order valence-corrected chi connectivity index (χ4v) is 3.62. The van der Waals surface area contributed by atoms with Crippen molar-refractivity contribution in [1.29, 1.82) is 0 Å². The second kappa shape index (κ2) is 9.06. The Hall–Kier alpha value is -2.04. The SMILES string of the molecule is CCOc1cc(C(c2ccc(C)cc2)N2CCCNCC2)ccc1OC. The standard InChI is InChI=1S/C22H30N2O2/c1-4-26-21-16-19(10-11-20(21)25-3)22(18-8-6-17(2)7-9-18)24-14-5-12-23-13-15-24/h6-11,16,22-23H,4-5,12-15H2,1-3H3. The zero-order valence-corrected chi connectivity index (χ0v) is 16.1. The van der Waals surface area contributed by atoms with E-state index in [1.54, 1.807) is 7.11 Å². The Morgan fingerprint density at radius 3 is 2.50 bits per heavy atom. The van der Waals surface area contributed by atoms with Crippen molar-refractivity contribution in [3.8, 4) is 11.5 Å². The predicted molar refractivity (Wildman–Crippen MR) is 106 cm³/mol. The normalized spacial score (nSPS) is 16.7. The van der Waals surface area contributed by atoms with Gasteiger partial charge in [-0.05, 0) is 50.1 Å². The van der Waals surface area contributed by atoms with E-state index in [4.69, 9.17) is 9.47 Å². The van der Waals surface area contributed by atoms with E-state index in [1.807, 2.05) is 13.0 Å². The van der Waals surface area contributed by atoms with Crippen molar-refractivity contribution in [3.63, 3.8) is 0 Å². The van der Waals surface area contributed by atoms with E-state index in [0.29, 0.717) is 6.61 Å². The second-order valence-corrected chi connectivity index (χ2v) is 6.80. The zero-order valence-electron chi connectivity index (χ0n) is 16.1. The monoisotopic (exact) mass is 354 g/mol. The van der Waals surface area contributed by atoms with E-state index < -0.39 is 0 Å². The van der Waals surface area contributed by atoms with Gasteiger partial charge in [0.15, 0.2) is 11.5 Å². The predicted octanol–water partition coefficient (Wildman–Crippen LogP) is 3.79. The zero-order chi connectivity index (χ0) is 18.4. The molecule has 4 heteroatoms. The Morgan fingerprint density at radius 1 is 1.00 bits per heavy atom. The van der Waals surface area contributed by atoms with Crippen LogP contribution in [-0.2, 0) is 0 Å². The van der Waals surface area contributed by atoms with Crippen LogP contribution in [0, 0.1) is 6.92 Å². The number of methoxy groups -OCH3 is 1. The van der Waals surface area contributed by atoms with Gasteiger partial charge in [0.2, 0.25) is 0 Å². The van der Waals surface area contributed by atoms with Crippen LogP contribution in [0.25, 0.3) is 0 Å². The fraction of sp³-hybridized carbons (Fsp3) is 0.455. The van der Waals surface area contributed by atoms with Gasteiger partial charge in [0.25, 0.3) is 0 Å². The highest BCUT2D eigenvalue weighted by atomic mass is 16.5. The minimum Gasteiger partial charge on any atom is -0.493 e. The lowest BCUT2D eigenvalue weighted by atomic mass is 9.95. The molecule has 140 valence electrons. The first-order chi connectivity index (χ1) is 12.7. The Balaban J connectivity index is 2.01. The maximum absolute atomic E-state index is 5.83. The summed E-state index contributed by atoms with van der Waals surface area (Å²) in [6.07, 6.45) is 1.16. The number of ether oxygens (including phenoxy) is 2. The maximum Gasteiger partial charge on any atom is 0.161 e. The molecule has 1 fully saturated rings. The Morgan fingerprint density at radius 2 is 1.77 bits per heavy atom. The summed E-state index contributed by atoms with van der Waals surface area (Å²) < 4.78 is 11.3. The molecule has 1 atom stereocenters. The first kappa shape index (κ1) is 18.7. The van der Waals surface area contributed by atoms with Crippen LogP contribution in [0.15, 0.2) is 42.5 Å². The quantitative estimate of drug-likeness (QED) is 0.856. The van der Waals surface area contributed by atoms with E-state index in [0.717, 1.165) is 44.1 Å². The van der Waals surface area contributed by atoms with Crippen LogP contribution in [0.3, 0.4) is 0 Å². The molecule has 1 N–H and O–H groups in total. The molecule has 0 radical (unpaired) electrons. The van der Waals surface area contributed by atoms with Gasteiger partial charge in [-0.15, -0.1) is 0 Å². The Kier molecular flexibility index (Phi) is 6.53. The van der Waals surface area contributed by atoms with Gasteiger partial charge in [0.05, 0.1) is 19.8 Å². The molecule has 0 spiro atoms. The van der Waals surface area contributed by atoms with Gasteiger partial charge < -0.3 is 14.8 Å². The summed E-state index contributed by atoms with van der Waals surface area (Å²) in [7, 11) is 1.69. The van der Waals surface area contributed by atoms with Gasteiger partial charge >= 0.3 is 0 Å². The Bertz CT molecular complexity index is 692. The summed E-state index contributed by atoms with van der Waals surface area (Å²) in [6, 6.07) is 15.5. The third-order valence-corrected chi connectivity index (χ3v) is 4.94. The number of hydrogen-bond donors (Lipinski definition) is 1. The molecule has 2 aromatic carbocycles. The van der Waals surface area contributed by atoms with Crippen molar-refractivity contribution in [2.75, 3.05) is 39.9 Å². The van der Waals surface area contributed by atoms with Gasteiger partial charge in [-0.1, -0.05) is 35.9 Å². The van der Waals surface area contributed by atoms with E-state index in [2.05, 4.69) is 53.5 Å². The summed E-state index contributed by atoms with van der Waals surface area (Å²) >= 11 is 0. The van der Waals surface area contributed by atoms with Crippen molar-refractivity contribution in [1.82, 2.24) is 10.2 Å². The summed E-state index contributed by atoms with van der Waals surface area (Å²) in [5.74, 6) is 1.60. The molecular formula is C22H30N2O2. The van der Waals surface area contributed by atoms with Crippen molar-refractivity contribution >= 4 is 0 Å². The first-order valence-electron chi connectivity index (χ1n) is 9.55. The molecule has 1 aliphatic rings. The topological polar surface area (TPSA) is 33.7 Å². The molecule has 26 heavy (non-hydrogen) atoms. The highest BCUT2D eigenvalue weighted by Crippen LogP contribution is 2.35. The van der Waals surface area contributed by atoms with Crippen molar-refractivity contribution in [2.24, 2.45) is 0 Å². The summed E-state index contributed by atoms with van der Waals surface area (Å²) in [6.45, 7) is 9.00. The summed E-state index contributed by atoms with van der Waals surface area (Å²) in [5, 5.41) is 3.51. The molecule has 0 saturated carbocycles. The highest BCUT2D eigenvalue weighted by molar-refractivity contribution is 5.46. The average Bonchev–Trinajstić information content (AvgIpc) is 2.93. The van der Waals surface area contributed by atoms with E-state index >= 15 is 0 Å². The molecule has 1 aliphatic heterocycles. The molecule has 3 rings (SSSR count).